The van der Waals surface area contributed by atoms with Gasteiger partial charge >= 0.3 is 5.97 Å². The highest BCUT2D eigenvalue weighted by molar-refractivity contribution is 5.80. The molecule has 6 nitrogen and oxygen atoms in total. The molecular formula is C17H26N4O2. The van der Waals surface area contributed by atoms with Crippen molar-refractivity contribution in [2.24, 2.45) is 12.8 Å². The summed E-state index contributed by atoms with van der Waals surface area (Å²) in [5, 5.41) is 0. The van der Waals surface area contributed by atoms with Gasteiger partial charge in [-0.2, -0.15) is 0 Å². The van der Waals surface area contributed by atoms with Gasteiger partial charge in [0.1, 0.15) is 5.82 Å². The lowest BCUT2D eigenvalue weighted by molar-refractivity contribution is -0.142. The molecule has 0 aliphatic carbocycles. The van der Waals surface area contributed by atoms with Crippen molar-refractivity contribution in [3.05, 3.63) is 24.0 Å². The number of aryl methyl sites for hydroxylation is 1. The minimum absolute atomic E-state index is 0.155. The number of nitrogens with zero attached hydrogens (tertiary/aromatic N) is 3. The maximum atomic E-state index is 11.6. The SMILES string of the molecule is CCCN(CCC(=O)OCC)c1ccc2c(c1)nc(CN)n2C. The van der Waals surface area contributed by atoms with Crippen molar-refractivity contribution in [1.82, 2.24) is 9.55 Å². The van der Waals surface area contributed by atoms with Crippen LogP contribution in [0.4, 0.5) is 5.69 Å². The van der Waals surface area contributed by atoms with Gasteiger partial charge in [-0.05, 0) is 31.5 Å². The topological polar surface area (TPSA) is 73.4 Å². The van der Waals surface area contributed by atoms with Gasteiger partial charge in [0.2, 0.25) is 0 Å². The molecule has 0 radical (unpaired) electrons. The molecule has 0 fully saturated rings. The van der Waals surface area contributed by atoms with E-state index < -0.39 is 0 Å². The normalized spacial score (nSPS) is 11.0. The van der Waals surface area contributed by atoms with E-state index in [2.05, 4.69) is 35.0 Å². The molecule has 2 rings (SSSR count). The van der Waals surface area contributed by atoms with Gasteiger partial charge in [0.15, 0.2) is 0 Å². The van der Waals surface area contributed by atoms with Crippen LogP contribution >= 0.6 is 0 Å². The van der Waals surface area contributed by atoms with E-state index in [4.69, 9.17) is 10.5 Å². The van der Waals surface area contributed by atoms with Crippen LogP contribution in [0.3, 0.4) is 0 Å². The number of aromatic nitrogens is 2. The lowest BCUT2D eigenvalue weighted by Gasteiger charge is -2.24. The number of carbonyl (C=O) groups excluding carboxylic acids is 1. The second-order valence-corrected chi connectivity index (χ2v) is 5.51. The van der Waals surface area contributed by atoms with E-state index in [1.54, 1.807) is 0 Å². The third-order valence-electron chi connectivity index (χ3n) is 3.89. The minimum Gasteiger partial charge on any atom is -0.466 e. The van der Waals surface area contributed by atoms with Crippen LogP contribution in [0.1, 0.15) is 32.5 Å². The van der Waals surface area contributed by atoms with Crippen molar-refractivity contribution < 1.29 is 9.53 Å². The number of hydrogen-bond acceptors (Lipinski definition) is 5. The molecule has 0 atom stereocenters. The highest BCUT2D eigenvalue weighted by Crippen LogP contribution is 2.23. The first-order valence-electron chi connectivity index (χ1n) is 8.16. The number of ether oxygens (including phenoxy) is 1. The van der Waals surface area contributed by atoms with Crippen LogP contribution in [0.15, 0.2) is 18.2 Å². The summed E-state index contributed by atoms with van der Waals surface area (Å²) in [6.45, 7) is 6.33. The molecule has 2 aromatic rings. The Morgan fingerprint density at radius 1 is 1.35 bits per heavy atom. The molecule has 1 aromatic carbocycles. The van der Waals surface area contributed by atoms with Gasteiger partial charge < -0.3 is 19.9 Å². The Labute approximate surface area is 137 Å². The zero-order valence-corrected chi connectivity index (χ0v) is 14.2. The second-order valence-electron chi connectivity index (χ2n) is 5.51. The smallest absolute Gasteiger partial charge is 0.307 e. The summed E-state index contributed by atoms with van der Waals surface area (Å²) in [7, 11) is 1.97. The van der Waals surface area contributed by atoms with E-state index in [0.717, 1.165) is 35.5 Å². The molecule has 0 amide bonds. The molecular weight excluding hydrogens is 292 g/mol. The van der Waals surface area contributed by atoms with Crippen LogP contribution in [0, 0.1) is 0 Å². The third kappa shape index (κ3) is 4.01. The number of imidazole rings is 1. The molecule has 126 valence electrons. The number of fused-ring (bicyclic) bond motifs is 1. The van der Waals surface area contributed by atoms with Crippen LogP contribution in [-0.4, -0.2) is 35.2 Å². The molecule has 0 aliphatic heterocycles. The van der Waals surface area contributed by atoms with Gasteiger partial charge in [-0.3, -0.25) is 4.79 Å². The Balaban J connectivity index is 2.21. The molecule has 6 heteroatoms. The molecule has 0 saturated heterocycles. The Hall–Kier alpha value is -2.08. The Morgan fingerprint density at radius 3 is 2.78 bits per heavy atom. The third-order valence-corrected chi connectivity index (χ3v) is 3.89. The Morgan fingerprint density at radius 2 is 2.13 bits per heavy atom. The maximum absolute atomic E-state index is 11.6. The number of benzene rings is 1. The number of nitrogens with two attached hydrogens (primary N) is 1. The largest absolute Gasteiger partial charge is 0.466 e. The van der Waals surface area contributed by atoms with Gasteiger partial charge in [0, 0.05) is 25.8 Å². The first kappa shape index (κ1) is 17.3. The number of esters is 1. The maximum Gasteiger partial charge on any atom is 0.307 e. The average Bonchev–Trinajstić information content (AvgIpc) is 2.87. The summed E-state index contributed by atoms with van der Waals surface area (Å²) in [6.07, 6.45) is 1.40. The molecule has 1 aromatic heterocycles. The van der Waals surface area contributed by atoms with Crippen LogP contribution in [0.25, 0.3) is 11.0 Å². The Kier molecular flexibility index (Phi) is 5.98. The van der Waals surface area contributed by atoms with Crippen molar-refractivity contribution in [2.75, 3.05) is 24.6 Å². The summed E-state index contributed by atoms with van der Waals surface area (Å²) in [5.74, 6) is 0.712. The summed E-state index contributed by atoms with van der Waals surface area (Å²) >= 11 is 0. The fourth-order valence-corrected chi connectivity index (χ4v) is 2.72. The highest BCUT2D eigenvalue weighted by Gasteiger charge is 2.12. The summed E-state index contributed by atoms with van der Waals surface area (Å²) in [6, 6.07) is 6.20. The first-order chi connectivity index (χ1) is 11.1. The van der Waals surface area contributed by atoms with Gasteiger partial charge in [0.05, 0.1) is 30.6 Å². The summed E-state index contributed by atoms with van der Waals surface area (Å²) < 4.78 is 7.03. The fraction of sp³-hybridized carbons (Fsp3) is 0.529. The van der Waals surface area contributed by atoms with Crippen molar-refractivity contribution >= 4 is 22.7 Å². The summed E-state index contributed by atoms with van der Waals surface area (Å²) in [4.78, 5) is 18.4. The minimum atomic E-state index is -0.155. The van der Waals surface area contributed by atoms with E-state index in [1.165, 1.54) is 0 Å². The van der Waals surface area contributed by atoms with Gasteiger partial charge in [-0.25, -0.2) is 4.98 Å². The average molecular weight is 318 g/mol. The number of rotatable bonds is 8. The number of hydrogen-bond donors (Lipinski definition) is 1. The van der Waals surface area contributed by atoms with E-state index in [-0.39, 0.29) is 5.97 Å². The van der Waals surface area contributed by atoms with Crippen molar-refractivity contribution in [3.8, 4) is 0 Å². The lowest BCUT2D eigenvalue weighted by atomic mass is 10.2. The molecule has 23 heavy (non-hydrogen) atoms. The predicted molar refractivity (Wildman–Crippen MR) is 92.4 cm³/mol. The zero-order valence-electron chi connectivity index (χ0n) is 14.2. The van der Waals surface area contributed by atoms with Crippen LogP contribution < -0.4 is 10.6 Å². The molecule has 0 bridgehead atoms. The van der Waals surface area contributed by atoms with Crippen LogP contribution in [0.2, 0.25) is 0 Å². The number of anilines is 1. The Bertz CT molecular complexity index is 666. The van der Waals surface area contributed by atoms with Gasteiger partial charge in [0.25, 0.3) is 0 Å². The number of carbonyl (C=O) groups is 1. The standard InChI is InChI=1S/C17H26N4O2/c1-4-9-21(10-8-17(22)23-5-2)13-6-7-15-14(11-13)19-16(12-18)20(15)3/h6-7,11H,4-5,8-10,12,18H2,1-3H3. The second kappa shape index (κ2) is 7.97. The molecule has 0 saturated carbocycles. The molecule has 2 N–H and O–H groups in total. The monoisotopic (exact) mass is 318 g/mol. The fourth-order valence-electron chi connectivity index (χ4n) is 2.72. The molecule has 0 spiro atoms. The van der Waals surface area contributed by atoms with Crippen molar-refractivity contribution in [3.63, 3.8) is 0 Å². The lowest BCUT2D eigenvalue weighted by Crippen LogP contribution is -2.27. The quantitative estimate of drug-likeness (QED) is 0.755. The van der Waals surface area contributed by atoms with Gasteiger partial charge in [-0.15, -0.1) is 0 Å². The van der Waals surface area contributed by atoms with Crippen molar-refractivity contribution in [2.45, 2.75) is 33.2 Å². The zero-order chi connectivity index (χ0) is 16.8. The predicted octanol–water partition coefficient (Wildman–Crippen LogP) is 2.20. The van der Waals surface area contributed by atoms with Gasteiger partial charge in [-0.1, -0.05) is 6.92 Å². The first-order valence-corrected chi connectivity index (χ1v) is 8.16. The molecule has 0 unspecified atom stereocenters. The van der Waals surface area contributed by atoms with Crippen molar-refractivity contribution in [1.29, 1.82) is 0 Å². The van der Waals surface area contributed by atoms with E-state index in [1.807, 2.05) is 18.5 Å². The van der Waals surface area contributed by atoms with Crippen LogP contribution in [-0.2, 0) is 23.1 Å². The van der Waals surface area contributed by atoms with E-state index in [9.17, 15) is 4.79 Å². The molecule has 1 heterocycles. The summed E-state index contributed by atoms with van der Waals surface area (Å²) in [5.41, 5.74) is 8.80. The van der Waals surface area contributed by atoms with Crippen LogP contribution in [0.5, 0.6) is 0 Å². The van der Waals surface area contributed by atoms with E-state index in [0.29, 0.717) is 26.1 Å². The highest BCUT2D eigenvalue weighted by atomic mass is 16.5. The van der Waals surface area contributed by atoms with E-state index >= 15 is 0 Å². The molecule has 0 aliphatic rings.